The predicted molar refractivity (Wildman–Crippen MR) is 112 cm³/mol. The van der Waals surface area contributed by atoms with Crippen LogP contribution in [-0.2, 0) is 4.79 Å². The van der Waals surface area contributed by atoms with Crippen molar-refractivity contribution < 1.29 is 14.3 Å². The van der Waals surface area contributed by atoms with Crippen molar-refractivity contribution in [3.63, 3.8) is 0 Å². The van der Waals surface area contributed by atoms with Crippen LogP contribution in [-0.4, -0.2) is 25.8 Å². The van der Waals surface area contributed by atoms with Crippen molar-refractivity contribution in [3.8, 4) is 11.5 Å². The van der Waals surface area contributed by atoms with Gasteiger partial charge in [-0.1, -0.05) is 48.3 Å². The fourth-order valence-electron chi connectivity index (χ4n) is 2.65. The summed E-state index contributed by atoms with van der Waals surface area (Å²) in [5.41, 5.74) is 4.49. The van der Waals surface area contributed by atoms with Crippen molar-refractivity contribution in [2.75, 3.05) is 13.7 Å². The predicted octanol–water partition coefficient (Wildman–Crippen LogP) is 4.89. The molecule has 1 N–H and O–H groups in total. The van der Waals surface area contributed by atoms with Gasteiger partial charge in [0.05, 0.1) is 13.3 Å². The van der Waals surface area contributed by atoms with E-state index in [0.29, 0.717) is 17.4 Å². The van der Waals surface area contributed by atoms with E-state index < -0.39 is 0 Å². The van der Waals surface area contributed by atoms with Gasteiger partial charge in [0.15, 0.2) is 6.61 Å². The summed E-state index contributed by atoms with van der Waals surface area (Å²) in [6, 6.07) is 13.4. The van der Waals surface area contributed by atoms with E-state index in [4.69, 9.17) is 9.47 Å². The molecule has 0 spiro atoms. The molecule has 1 amide bonds. The SMILES string of the molecule is CCCC(C)c1ccc(OCC(=O)NN=Cc2cc(Br)ccc2OC)cc1. The molecular formula is C21H25BrN2O3. The van der Waals surface area contributed by atoms with Gasteiger partial charge in [-0.2, -0.15) is 5.10 Å². The second-order valence-corrected chi connectivity index (χ2v) is 7.14. The summed E-state index contributed by atoms with van der Waals surface area (Å²) in [6.45, 7) is 4.30. The summed E-state index contributed by atoms with van der Waals surface area (Å²) < 4.78 is 11.7. The molecule has 0 aliphatic carbocycles. The molecule has 0 radical (unpaired) electrons. The van der Waals surface area contributed by atoms with Crippen LogP contribution in [0, 0.1) is 0 Å². The Morgan fingerprint density at radius 1 is 1.26 bits per heavy atom. The van der Waals surface area contributed by atoms with Gasteiger partial charge in [0, 0.05) is 10.0 Å². The molecule has 0 aliphatic heterocycles. The molecule has 27 heavy (non-hydrogen) atoms. The molecule has 0 saturated heterocycles. The van der Waals surface area contributed by atoms with E-state index in [2.05, 4.69) is 40.3 Å². The van der Waals surface area contributed by atoms with Crippen LogP contribution in [0.5, 0.6) is 11.5 Å². The Morgan fingerprint density at radius 2 is 2.00 bits per heavy atom. The molecule has 5 nitrogen and oxygen atoms in total. The lowest BCUT2D eigenvalue weighted by Crippen LogP contribution is -2.24. The highest BCUT2D eigenvalue weighted by Crippen LogP contribution is 2.23. The fourth-order valence-corrected chi connectivity index (χ4v) is 3.03. The Balaban J connectivity index is 1.83. The lowest BCUT2D eigenvalue weighted by Gasteiger charge is -2.11. The highest BCUT2D eigenvalue weighted by atomic mass is 79.9. The zero-order valence-corrected chi connectivity index (χ0v) is 17.5. The molecule has 2 aromatic carbocycles. The van der Waals surface area contributed by atoms with Crippen LogP contribution in [0.1, 0.15) is 43.7 Å². The van der Waals surface area contributed by atoms with Crippen LogP contribution in [0.15, 0.2) is 52.0 Å². The Kier molecular flexibility index (Phi) is 8.33. The Labute approximate surface area is 168 Å². The number of benzene rings is 2. The molecule has 0 heterocycles. The van der Waals surface area contributed by atoms with E-state index in [9.17, 15) is 4.79 Å². The molecular weight excluding hydrogens is 408 g/mol. The molecule has 0 aromatic heterocycles. The van der Waals surface area contributed by atoms with Crippen LogP contribution in [0.2, 0.25) is 0 Å². The maximum atomic E-state index is 11.9. The van der Waals surface area contributed by atoms with Crippen molar-refractivity contribution in [2.24, 2.45) is 5.10 Å². The van der Waals surface area contributed by atoms with Gasteiger partial charge in [-0.15, -0.1) is 0 Å². The number of halogens is 1. The Hall–Kier alpha value is -2.34. The minimum Gasteiger partial charge on any atom is -0.496 e. The van der Waals surface area contributed by atoms with E-state index in [0.717, 1.165) is 22.9 Å². The van der Waals surface area contributed by atoms with Gasteiger partial charge < -0.3 is 9.47 Å². The van der Waals surface area contributed by atoms with Crippen LogP contribution >= 0.6 is 15.9 Å². The molecule has 0 saturated carbocycles. The number of nitrogens with one attached hydrogen (secondary N) is 1. The number of amides is 1. The molecule has 0 fully saturated rings. The summed E-state index contributed by atoms with van der Waals surface area (Å²) in [5, 5.41) is 3.96. The van der Waals surface area contributed by atoms with E-state index in [1.54, 1.807) is 7.11 Å². The number of rotatable bonds is 9. The minimum atomic E-state index is -0.330. The van der Waals surface area contributed by atoms with Crippen molar-refractivity contribution in [3.05, 3.63) is 58.1 Å². The largest absolute Gasteiger partial charge is 0.496 e. The minimum absolute atomic E-state index is 0.100. The smallest absolute Gasteiger partial charge is 0.277 e. The van der Waals surface area contributed by atoms with Crippen LogP contribution < -0.4 is 14.9 Å². The van der Waals surface area contributed by atoms with Crippen molar-refractivity contribution in [2.45, 2.75) is 32.6 Å². The number of hydrogen-bond donors (Lipinski definition) is 1. The van der Waals surface area contributed by atoms with Gasteiger partial charge in [0.2, 0.25) is 0 Å². The third-order valence-electron chi connectivity index (χ3n) is 4.13. The first-order chi connectivity index (χ1) is 13.0. The van der Waals surface area contributed by atoms with Gasteiger partial charge in [0.25, 0.3) is 5.91 Å². The van der Waals surface area contributed by atoms with Crippen molar-refractivity contribution in [1.82, 2.24) is 5.43 Å². The van der Waals surface area contributed by atoms with Crippen molar-refractivity contribution >= 4 is 28.1 Å². The quantitative estimate of drug-likeness (QED) is 0.453. The Bertz CT molecular complexity index is 775. The first-order valence-corrected chi connectivity index (χ1v) is 9.71. The van der Waals surface area contributed by atoms with Crippen LogP contribution in [0.25, 0.3) is 0 Å². The van der Waals surface area contributed by atoms with Gasteiger partial charge in [-0.3, -0.25) is 4.79 Å². The second-order valence-electron chi connectivity index (χ2n) is 6.23. The number of carbonyl (C=O) groups excluding carboxylic acids is 1. The molecule has 6 heteroatoms. The maximum absolute atomic E-state index is 11.9. The number of nitrogens with zero attached hydrogens (tertiary/aromatic N) is 1. The number of methoxy groups -OCH3 is 1. The zero-order valence-electron chi connectivity index (χ0n) is 15.9. The fraction of sp³-hybridized carbons (Fsp3) is 0.333. The molecule has 144 valence electrons. The highest BCUT2D eigenvalue weighted by molar-refractivity contribution is 9.10. The monoisotopic (exact) mass is 432 g/mol. The lowest BCUT2D eigenvalue weighted by atomic mass is 9.97. The molecule has 1 unspecified atom stereocenters. The molecule has 2 aromatic rings. The van der Waals surface area contributed by atoms with E-state index in [1.807, 2.05) is 42.5 Å². The molecule has 1 atom stereocenters. The third kappa shape index (κ3) is 6.71. The van der Waals surface area contributed by atoms with Crippen molar-refractivity contribution in [1.29, 1.82) is 0 Å². The standard InChI is InChI=1S/C21H25BrN2O3/c1-4-5-15(2)16-6-9-19(10-7-16)27-14-21(25)24-23-13-17-12-18(22)8-11-20(17)26-3/h6-13,15H,4-5,14H2,1-3H3,(H,24,25). The molecule has 0 bridgehead atoms. The van der Waals surface area contributed by atoms with Gasteiger partial charge in [-0.25, -0.2) is 5.43 Å². The first kappa shape index (κ1) is 21.0. The first-order valence-electron chi connectivity index (χ1n) is 8.91. The second kappa shape index (κ2) is 10.7. The number of ether oxygens (including phenoxy) is 2. The summed E-state index contributed by atoms with van der Waals surface area (Å²) in [6.07, 6.45) is 3.85. The summed E-state index contributed by atoms with van der Waals surface area (Å²) in [4.78, 5) is 11.9. The van der Waals surface area contributed by atoms with Crippen LogP contribution in [0.3, 0.4) is 0 Å². The van der Waals surface area contributed by atoms with Gasteiger partial charge in [0.1, 0.15) is 11.5 Å². The van der Waals surface area contributed by atoms with Gasteiger partial charge >= 0.3 is 0 Å². The highest BCUT2D eigenvalue weighted by Gasteiger charge is 2.06. The van der Waals surface area contributed by atoms with E-state index >= 15 is 0 Å². The third-order valence-corrected chi connectivity index (χ3v) is 4.62. The maximum Gasteiger partial charge on any atom is 0.277 e. The van der Waals surface area contributed by atoms with E-state index in [1.165, 1.54) is 11.8 Å². The summed E-state index contributed by atoms with van der Waals surface area (Å²) in [5.74, 6) is 1.53. The Morgan fingerprint density at radius 3 is 2.67 bits per heavy atom. The number of hydrogen-bond acceptors (Lipinski definition) is 4. The molecule has 0 aliphatic rings. The summed E-state index contributed by atoms with van der Waals surface area (Å²) in [7, 11) is 1.58. The number of hydrazone groups is 1. The number of carbonyl (C=O) groups is 1. The average Bonchev–Trinajstić information content (AvgIpc) is 2.67. The average molecular weight is 433 g/mol. The normalized spacial score (nSPS) is 12.0. The molecule has 2 rings (SSSR count). The van der Waals surface area contributed by atoms with Crippen LogP contribution in [0.4, 0.5) is 0 Å². The van der Waals surface area contributed by atoms with Gasteiger partial charge in [-0.05, 0) is 48.2 Å². The summed E-state index contributed by atoms with van der Waals surface area (Å²) >= 11 is 3.39. The van der Waals surface area contributed by atoms with E-state index in [-0.39, 0.29) is 12.5 Å². The topological polar surface area (TPSA) is 59.9 Å². The zero-order chi connectivity index (χ0) is 19.6. The lowest BCUT2D eigenvalue weighted by molar-refractivity contribution is -0.123.